The highest BCUT2D eigenvalue weighted by Gasteiger charge is 2.37. The summed E-state index contributed by atoms with van der Waals surface area (Å²) in [6.45, 7) is 0. The van der Waals surface area contributed by atoms with E-state index in [0.29, 0.717) is 10.6 Å². The second-order valence-electron chi connectivity index (χ2n) is 4.56. The van der Waals surface area contributed by atoms with Crippen molar-refractivity contribution in [3.63, 3.8) is 0 Å². The first-order chi connectivity index (χ1) is 9.99. The number of halogens is 1. The molecule has 1 fully saturated rings. The predicted molar refractivity (Wildman–Crippen MR) is 74.2 cm³/mol. The summed E-state index contributed by atoms with van der Waals surface area (Å²) in [6, 6.07) is 6.33. The van der Waals surface area contributed by atoms with E-state index in [4.69, 9.17) is 16.0 Å². The maximum absolute atomic E-state index is 11.7. The van der Waals surface area contributed by atoms with Crippen molar-refractivity contribution in [3.05, 3.63) is 29.3 Å². The fourth-order valence-corrected chi connectivity index (χ4v) is 2.28. The van der Waals surface area contributed by atoms with Gasteiger partial charge in [-0.2, -0.15) is 0 Å². The average molecular weight is 308 g/mol. The lowest BCUT2D eigenvalue weighted by atomic mass is 10.1. The summed E-state index contributed by atoms with van der Waals surface area (Å²) in [6.07, 6.45) is 0.103. The molecular weight excluding hydrogens is 298 g/mol. The molecular formula is C14H10ClNO5. The Morgan fingerprint density at radius 3 is 2.14 bits per heavy atom. The van der Waals surface area contributed by atoms with Crippen LogP contribution in [0.5, 0.6) is 11.5 Å². The van der Waals surface area contributed by atoms with E-state index in [9.17, 15) is 19.8 Å². The molecule has 1 aromatic heterocycles. The van der Waals surface area contributed by atoms with Gasteiger partial charge in [0.25, 0.3) is 5.88 Å². The molecule has 6 nitrogen and oxygen atoms in total. The Balaban J connectivity index is 2.09. The first-order valence-electron chi connectivity index (χ1n) is 6.15. The predicted octanol–water partition coefficient (Wildman–Crippen LogP) is 2.66. The van der Waals surface area contributed by atoms with Crippen molar-refractivity contribution < 1.29 is 24.2 Å². The fourth-order valence-electron chi connectivity index (χ4n) is 2.15. The van der Waals surface area contributed by atoms with Crippen LogP contribution in [0.3, 0.4) is 0 Å². The van der Waals surface area contributed by atoms with Gasteiger partial charge in [0, 0.05) is 23.4 Å². The standard InChI is InChI=1S/C14H10ClNO5/c15-8-3-1-7(2-4-8)13-11(19)12(20)14(21-13)16-9(17)5-6-10(16)18/h1-4,19-20H,5-6H2. The molecule has 7 heteroatoms. The van der Waals surface area contributed by atoms with E-state index in [1.165, 1.54) is 0 Å². The number of aromatic hydroxyl groups is 2. The normalized spacial score (nSPS) is 15.0. The highest BCUT2D eigenvalue weighted by atomic mass is 35.5. The Morgan fingerprint density at radius 1 is 1.00 bits per heavy atom. The zero-order chi connectivity index (χ0) is 15.1. The highest BCUT2D eigenvalue weighted by molar-refractivity contribution is 6.30. The number of nitrogens with zero attached hydrogens (tertiary/aromatic N) is 1. The van der Waals surface area contributed by atoms with Gasteiger partial charge in [0.1, 0.15) is 0 Å². The topological polar surface area (TPSA) is 91.0 Å². The van der Waals surface area contributed by atoms with Crippen molar-refractivity contribution in [2.75, 3.05) is 4.90 Å². The van der Waals surface area contributed by atoms with Gasteiger partial charge in [-0.1, -0.05) is 11.6 Å². The van der Waals surface area contributed by atoms with Crippen molar-refractivity contribution in [1.82, 2.24) is 0 Å². The van der Waals surface area contributed by atoms with E-state index < -0.39 is 23.3 Å². The average Bonchev–Trinajstić information content (AvgIpc) is 2.93. The van der Waals surface area contributed by atoms with Crippen molar-refractivity contribution >= 4 is 29.3 Å². The Kier molecular flexibility index (Phi) is 3.10. The lowest BCUT2D eigenvalue weighted by Crippen LogP contribution is -2.28. The number of hydrogen-bond donors (Lipinski definition) is 2. The van der Waals surface area contributed by atoms with Crippen LogP contribution >= 0.6 is 11.6 Å². The lowest BCUT2D eigenvalue weighted by molar-refractivity contribution is -0.121. The highest BCUT2D eigenvalue weighted by Crippen LogP contribution is 2.47. The largest absolute Gasteiger partial charge is 0.502 e. The van der Waals surface area contributed by atoms with Crippen LogP contribution < -0.4 is 4.90 Å². The first kappa shape index (κ1) is 13.5. The molecule has 0 bridgehead atoms. The van der Waals surface area contributed by atoms with Gasteiger partial charge in [-0.25, -0.2) is 4.90 Å². The number of furan rings is 1. The van der Waals surface area contributed by atoms with Gasteiger partial charge < -0.3 is 14.6 Å². The molecule has 2 heterocycles. The third-order valence-electron chi connectivity index (χ3n) is 3.20. The Hall–Kier alpha value is -2.47. The lowest BCUT2D eigenvalue weighted by Gasteiger charge is -2.09. The summed E-state index contributed by atoms with van der Waals surface area (Å²) in [4.78, 5) is 24.1. The number of hydrogen-bond acceptors (Lipinski definition) is 5. The van der Waals surface area contributed by atoms with Gasteiger partial charge in [-0.3, -0.25) is 9.59 Å². The van der Waals surface area contributed by atoms with Crippen LogP contribution in [0, 0.1) is 0 Å². The molecule has 3 rings (SSSR count). The molecule has 21 heavy (non-hydrogen) atoms. The summed E-state index contributed by atoms with van der Waals surface area (Å²) >= 11 is 5.78. The molecule has 2 amide bonds. The molecule has 0 radical (unpaired) electrons. The maximum Gasteiger partial charge on any atom is 0.256 e. The summed E-state index contributed by atoms with van der Waals surface area (Å²) < 4.78 is 5.34. The van der Waals surface area contributed by atoms with E-state index >= 15 is 0 Å². The second-order valence-corrected chi connectivity index (χ2v) is 5.00. The Morgan fingerprint density at radius 2 is 1.57 bits per heavy atom. The number of amides is 2. The van der Waals surface area contributed by atoms with Crippen LogP contribution in [-0.4, -0.2) is 22.0 Å². The summed E-state index contributed by atoms with van der Waals surface area (Å²) in [5.74, 6) is -2.52. The van der Waals surface area contributed by atoms with Crippen LogP contribution in [0.4, 0.5) is 5.88 Å². The van der Waals surface area contributed by atoms with Crippen LogP contribution in [0.25, 0.3) is 11.3 Å². The van der Waals surface area contributed by atoms with Gasteiger partial charge in [0.2, 0.25) is 23.3 Å². The fraction of sp³-hybridized carbons (Fsp3) is 0.143. The molecule has 0 spiro atoms. The maximum atomic E-state index is 11.7. The van der Waals surface area contributed by atoms with E-state index in [-0.39, 0.29) is 24.5 Å². The van der Waals surface area contributed by atoms with Crippen molar-refractivity contribution in [1.29, 1.82) is 0 Å². The second kappa shape index (κ2) is 4.82. The number of imide groups is 1. The third-order valence-corrected chi connectivity index (χ3v) is 3.45. The van der Waals surface area contributed by atoms with Crippen molar-refractivity contribution in [3.8, 4) is 22.8 Å². The van der Waals surface area contributed by atoms with Gasteiger partial charge >= 0.3 is 0 Å². The number of benzene rings is 1. The molecule has 0 unspecified atom stereocenters. The minimum atomic E-state index is -0.636. The molecule has 0 saturated carbocycles. The molecule has 2 aromatic rings. The monoisotopic (exact) mass is 307 g/mol. The first-order valence-corrected chi connectivity index (χ1v) is 6.53. The van der Waals surface area contributed by atoms with Crippen LogP contribution in [0.15, 0.2) is 28.7 Å². The minimum absolute atomic E-state index is 0.0355. The minimum Gasteiger partial charge on any atom is -0.502 e. The Labute approximate surface area is 124 Å². The Bertz CT molecular complexity index is 719. The quantitative estimate of drug-likeness (QED) is 0.832. The molecule has 0 atom stereocenters. The molecule has 0 aliphatic carbocycles. The van der Waals surface area contributed by atoms with Crippen LogP contribution in [0.1, 0.15) is 12.8 Å². The number of rotatable bonds is 2. The van der Waals surface area contributed by atoms with E-state index in [1.807, 2.05) is 0 Å². The SMILES string of the molecule is O=C1CCC(=O)N1c1oc(-c2ccc(Cl)cc2)c(O)c1O. The molecule has 1 saturated heterocycles. The van der Waals surface area contributed by atoms with Crippen molar-refractivity contribution in [2.24, 2.45) is 0 Å². The molecule has 1 aliphatic heterocycles. The third kappa shape index (κ3) is 2.13. The zero-order valence-electron chi connectivity index (χ0n) is 10.7. The van der Waals surface area contributed by atoms with Gasteiger partial charge in [0.15, 0.2) is 5.76 Å². The van der Waals surface area contributed by atoms with Crippen LogP contribution in [-0.2, 0) is 9.59 Å². The number of anilines is 1. The van der Waals surface area contributed by atoms with Gasteiger partial charge in [-0.15, -0.1) is 0 Å². The van der Waals surface area contributed by atoms with E-state index in [1.54, 1.807) is 24.3 Å². The molecule has 1 aromatic carbocycles. The van der Waals surface area contributed by atoms with Gasteiger partial charge in [-0.05, 0) is 24.3 Å². The number of carbonyl (C=O) groups excluding carboxylic acids is 2. The summed E-state index contributed by atoms with van der Waals surface area (Å²) in [7, 11) is 0. The zero-order valence-corrected chi connectivity index (χ0v) is 11.4. The van der Waals surface area contributed by atoms with E-state index in [0.717, 1.165) is 4.90 Å². The molecule has 2 N–H and O–H groups in total. The van der Waals surface area contributed by atoms with E-state index in [2.05, 4.69) is 0 Å². The van der Waals surface area contributed by atoms with Crippen LogP contribution in [0.2, 0.25) is 5.02 Å². The summed E-state index contributed by atoms with van der Waals surface area (Å²) in [5, 5.41) is 20.4. The summed E-state index contributed by atoms with van der Waals surface area (Å²) in [5.41, 5.74) is 0.456. The molecule has 1 aliphatic rings. The smallest absolute Gasteiger partial charge is 0.256 e. The molecule has 108 valence electrons. The van der Waals surface area contributed by atoms with Crippen molar-refractivity contribution in [2.45, 2.75) is 12.8 Å². The number of carbonyl (C=O) groups is 2. The van der Waals surface area contributed by atoms with Gasteiger partial charge in [0.05, 0.1) is 0 Å².